The van der Waals surface area contributed by atoms with Crippen molar-refractivity contribution in [3.63, 3.8) is 0 Å². The second-order valence-electron chi connectivity index (χ2n) is 5.23. The summed E-state index contributed by atoms with van der Waals surface area (Å²) in [7, 11) is 0. The minimum absolute atomic E-state index is 0.806. The van der Waals surface area contributed by atoms with E-state index in [1.165, 1.54) is 25.7 Å². The minimum atomic E-state index is 0.806. The molecule has 3 saturated carbocycles. The highest BCUT2D eigenvalue weighted by Crippen LogP contribution is 2.67. The van der Waals surface area contributed by atoms with Gasteiger partial charge in [-0.1, -0.05) is 33.6 Å². The minimum Gasteiger partial charge on any atom is -0.0654 e. The van der Waals surface area contributed by atoms with Crippen LogP contribution < -0.4 is 0 Å². The Kier molecular flexibility index (Phi) is 1.97. The van der Waals surface area contributed by atoms with E-state index in [0.29, 0.717) is 0 Å². The van der Waals surface area contributed by atoms with E-state index in [0.717, 1.165) is 23.2 Å². The number of hydrogen-bond acceptors (Lipinski definition) is 0. The van der Waals surface area contributed by atoms with Crippen molar-refractivity contribution in [3.8, 4) is 0 Å². The van der Waals surface area contributed by atoms with E-state index in [1.54, 1.807) is 6.42 Å². The van der Waals surface area contributed by atoms with Crippen LogP contribution in [0.1, 0.15) is 52.9 Å². The van der Waals surface area contributed by atoms with Gasteiger partial charge in [0, 0.05) is 0 Å². The van der Waals surface area contributed by atoms with Crippen molar-refractivity contribution < 1.29 is 0 Å². The van der Waals surface area contributed by atoms with Crippen LogP contribution in [0.2, 0.25) is 0 Å². The summed E-state index contributed by atoms with van der Waals surface area (Å²) < 4.78 is 0. The quantitative estimate of drug-likeness (QED) is 0.597. The first-order chi connectivity index (χ1) is 5.70. The molecule has 0 aliphatic heterocycles. The fourth-order valence-corrected chi connectivity index (χ4v) is 3.87. The molecule has 0 nitrogen and oxygen atoms in total. The normalized spacial score (nSPS) is 50.8. The van der Waals surface area contributed by atoms with E-state index in [4.69, 9.17) is 0 Å². The Bertz CT molecular complexity index is 167. The summed E-state index contributed by atoms with van der Waals surface area (Å²) in [4.78, 5) is 0. The van der Waals surface area contributed by atoms with E-state index < -0.39 is 0 Å². The summed E-state index contributed by atoms with van der Waals surface area (Å²) in [6.45, 7) is 7.30. The zero-order valence-electron chi connectivity index (χ0n) is 8.77. The van der Waals surface area contributed by atoms with Gasteiger partial charge in [0.1, 0.15) is 0 Å². The molecule has 0 aromatic carbocycles. The van der Waals surface area contributed by atoms with Gasteiger partial charge in [-0.2, -0.15) is 0 Å². The van der Waals surface area contributed by atoms with Crippen molar-refractivity contribution in [3.05, 3.63) is 0 Å². The third kappa shape index (κ3) is 0.900. The summed E-state index contributed by atoms with van der Waals surface area (Å²) >= 11 is 0. The first kappa shape index (κ1) is 8.59. The molecule has 12 heavy (non-hydrogen) atoms. The van der Waals surface area contributed by atoms with Gasteiger partial charge in [0.05, 0.1) is 0 Å². The molecule has 0 spiro atoms. The largest absolute Gasteiger partial charge is 0.0654 e. The molecule has 0 saturated heterocycles. The second kappa shape index (κ2) is 2.75. The van der Waals surface area contributed by atoms with E-state index in [9.17, 15) is 0 Å². The Morgan fingerprint density at radius 3 is 2.50 bits per heavy atom. The maximum absolute atomic E-state index is 2.49. The van der Waals surface area contributed by atoms with E-state index >= 15 is 0 Å². The van der Waals surface area contributed by atoms with Crippen LogP contribution in [-0.4, -0.2) is 0 Å². The fourth-order valence-electron chi connectivity index (χ4n) is 3.87. The maximum atomic E-state index is 2.49. The van der Waals surface area contributed by atoms with Crippen molar-refractivity contribution >= 4 is 0 Å². The molecule has 4 unspecified atom stereocenters. The van der Waals surface area contributed by atoms with Gasteiger partial charge in [0.25, 0.3) is 0 Å². The molecule has 0 heterocycles. The molecular formula is C12H22. The Morgan fingerprint density at radius 2 is 2.08 bits per heavy atom. The van der Waals surface area contributed by atoms with Gasteiger partial charge in [-0.05, 0) is 42.4 Å². The predicted octanol–water partition coefficient (Wildman–Crippen LogP) is 3.86. The first-order valence-corrected chi connectivity index (χ1v) is 5.70. The highest BCUT2D eigenvalue weighted by atomic mass is 14.6. The van der Waals surface area contributed by atoms with Gasteiger partial charge in [-0.25, -0.2) is 0 Å². The van der Waals surface area contributed by atoms with Crippen LogP contribution in [0.3, 0.4) is 0 Å². The number of rotatable bonds is 3. The topological polar surface area (TPSA) is 0 Å². The number of fused-ring (bicyclic) bond motifs is 1. The predicted molar refractivity (Wildman–Crippen MR) is 53.0 cm³/mol. The molecule has 70 valence electrons. The number of unbranched alkanes of at least 4 members (excludes halogenated alkanes) is 1. The van der Waals surface area contributed by atoms with Crippen LogP contribution in [0, 0.1) is 23.2 Å². The standard InChI is InChI=1S/C12H22/c1-4-5-6-12-8-11(10(12)3)7-9(12)2/h9-11H,4-8H2,1-3H3. The number of hydrogen-bond donors (Lipinski definition) is 0. The molecular weight excluding hydrogens is 144 g/mol. The lowest BCUT2D eigenvalue weighted by Gasteiger charge is -2.48. The van der Waals surface area contributed by atoms with Crippen molar-refractivity contribution in [1.29, 1.82) is 0 Å². The molecule has 0 aromatic heterocycles. The Balaban J connectivity index is 2.00. The molecule has 2 bridgehead atoms. The zero-order valence-corrected chi connectivity index (χ0v) is 8.77. The lowest BCUT2D eigenvalue weighted by atomic mass is 9.57. The first-order valence-electron chi connectivity index (χ1n) is 5.70. The summed E-state index contributed by atoms with van der Waals surface area (Å²) in [5.41, 5.74) is 0.806. The molecule has 3 aliphatic carbocycles. The second-order valence-corrected chi connectivity index (χ2v) is 5.23. The van der Waals surface area contributed by atoms with E-state index in [2.05, 4.69) is 20.8 Å². The highest BCUT2D eigenvalue weighted by Gasteiger charge is 2.59. The average molecular weight is 166 g/mol. The molecule has 3 fully saturated rings. The SMILES string of the molecule is CCCCC12CC(CC1C)C2C. The van der Waals surface area contributed by atoms with Crippen LogP contribution in [0.15, 0.2) is 0 Å². The molecule has 0 radical (unpaired) electrons. The third-order valence-corrected chi connectivity index (χ3v) is 4.89. The maximum Gasteiger partial charge on any atom is -0.0241 e. The Morgan fingerprint density at radius 1 is 1.33 bits per heavy atom. The average Bonchev–Trinajstić information content (AvgIpc) is 2.51. The van der Waals surface area contributed by atoms with Crippen LogP contribution in [0.5, 0.6) is 0 Å². The molecule has 4 atom stereocenters. The van der Waals surface area contributed by atoms with Crippen molar-refractivity contribution in [2.75, 3.05) is 0 Å². The summed E-state index contributed by atoms with van der Waals surface area (Å²) in [5.74, 6) is 3.19. The smallest absolute Gasteiger partial charge is 0.0241 e. The van der Waals surface area contributed by atoms with Gasteiger partial charge < -0.3 is 0 Å². The van der Waals surface area contributed by atoms with Crippen LogP contribution in [-0.2, 0) is 0 Å². The summed E-state index contributed by atoms with van der Waals surface area (Å²) in [6.07, 6.45) is 7.45. The molecule has 0 amide bonds. The van der Waals surface area contributed by atoms with Crippen LogP contribution >= 0.6 is 0 Å². The third-order valence-electron chi connectivity index (χ3n) is 4.89. The van der Waals surface area contributed by atoms with Gasteiger partial charge in [0.15, 0.2) is 0 Å². The van der Waals surface area contributed by atoms with E-state index in [-0.39, 0.29) is 0 Å². The lowest BCUT2D eigenvalue weighted by Crippen LogP contribution is -2.40. The monoisotopic (exact) mass is 166 g/mol. The molecule has 0 heteroatoms. The van der Waals surface area contributed by atoms with E-state index in [1.807, 2.05) is 0 Å². The summed E-state index contributed by atoms with van der Waals surface area (Å²) in [5, 5.41) is 0. The molecule has 3 rings (SSSR count). The fraction of sp³-hybridized carbons (Fsp3) is 1.00. The van der Waals surface area contributed by atoms with Gasteiger partial charge in [0.2, 0.25) is 0 Å². The highest BCUT2D eigenvalue weighted by molar-refractivity contribution is 5.08. The van der Waals surface area contributed by atoms with Crippen molar-refractivity contribution in [1.82, 2.24) is 0 Å². The van der Waals surface area contributed by atoms with Crippen LogP contribution in [0.25, 0.3) is 0 Å². The molecule has 0 aromatic rings. The van der Waals surface area contributed by atoms with Crippen molar-refractivity contribution in [2.45, 2.75) is 52.9 Å². The lowest BCUT2D eigenvalue weighted by molar-refractivity contribution is 0.0115. The van der Waals surface area contributed by atoms with Gasteiger partial charge in [-0.3, -0.25) is 0 Å². The summed E-state index contributed by atoms with van der Waals surface area (Å²) in [6, 6.07) is 0. The molecule has 3 aliphatic rings. The zero-order chi connectivity index (χ0) is 8.77. The van der Waals surface area contributed by atoms with Gasteiger partial charge in [-0.15, -0.1) is 0 Å². The van der Waals surface area contributed by atoms with Gasteiger partial charge >= 0.3 is 0 Å². The van der Waals surface area contributed by atoms with Crippen LogP contribution in [0.4, 0.5) is 0 Å². The van der Waals surface area contributed by atoms with Crippen molar-refractivity contribution in [2.24, 2.45) is 23.2 Å². The molecule has 0 N–H and O–H groups in total. The Labute approximate surface area is 76.7 Å². The Hall–Kier alpha value is 0.